The molecule has 166 valence electrons. The first-order valence-corrected chi connectivity index (χ1v) is 12.2. The van der Waals surface area contributed by atoms with Crippen molar-refractivity contribution in [1.82, 2.24) is 14.2 Å². The van der Waals surface area contributed by atoms with Gasteiger partial charge in [-0.15, -0.1) is 11.3 Å². The number of nitrogens with zero attached hydrogens (tertiary/aromatic N) is 4. The second-order valence-corrected chi connectivity index (χ2v) is 9.91. The highest BCUT2D eigenvalue weighted by atomic mass is 32.2. The SMILES string of the molecule is CCS(=O)(=O)N1CCN(C(=O)/C=C/c2csc(N(C(C)=O)c3ccccc3F)n2)CC1. The average Bonchev–Trinajstić information content (AvgIpc) is 3.22. The van der Waals surface area contributed by atoms with Crippen LogP contribution in [0.1, 0.15) is 19.5 Å². The van der Waals surface area contributed by atoms with Crippen molar-refractivity contribution in [2.24, 2.45) is 0 Å². The maximum Gasteiger partial charge on any atom is 0.246 e. The molecule has 1 aromatic carbocycles. The number of rotatable bonds is 6. The van der Waals surface area contributed by atoms with Gasteiger partial charge in [0.2, 0.25) is 21.8 Å². The summed E-state index contributed by atoms with van der Waals surface area (Å²) >= 11 is 1.16. The summed E-state index contributed by atoms with van der Waals surface area (Å²) in [5, 5.41) is 1.96. The van der Waals surface area contributed by atoms with Crippen LogP contribution in [0.5, 0.6) is 0 Å². The van der Waals surface area contributed by atoms with Gasteiger partial charge < -0.3 is 4.90 Å². The molecule has 0 spiro atoms. The van der Waals surface area contributed by atoms with Crippen LogP contribution in [0.3, 0.4) is 0 Å². The van der Waals surface area contributed by atoms with Crippen molar-refractivity contribution >= 4 is 50.1 Å². The van der Waals surface area contributed by atoms with E-state index in [0.29, 0.717) is 23.9 Å². The number of sulfonamides is 1. The lowest BCUT2D eigenvalue weighted by Crippen LogP contribution is -2.50. The molecule has 8 nitrogen and oxygen atoms in total. The maximum atomic E-state index is 14.2. The van der Waals surface area contributed by atoms with Gasteiger partial charge in [0.05, 0.1) is 17.1 Å². The number of hydrogen-bond donors (Lipinski definition) is 0. The van der Waals surface area contributed by atoms with E-state index in [9.17, 15) is 22.4 Å². The van der Waals surface area contributed by atoms with E-state index in [-0.39, 0.29) is 36.3 Å². The fourth-order valence-corrected chi connectivity index (χ4v) is 5.06. The molecule has 0 radical (unpaired) electrons. The molecule has 2 aromatic rings. The van der Waals surface area contributed by atoms with Crippen molar-refractivity contribution in [2.75, 3.05) is 36.8 Å². The number of anilines is 2. The molecule has 31 heavy (non-hydrogen) atoms. The van der Waals surface area contributed by atoms with E-state index in [1.807, 2.05) is 0 Å². The Hall–Kier alpha value is -2.63. The zero-order valence-electron chi connectivity index (χ0n) is 17.2. The van der Waals surface area contributed by atoms with E-state index in [1.165, 1.54) is 46.5 Å². The predicted octanol–water partition coefficient (Wildman–Crippen LogP) is 2.47. The number of benzene rings is 1. The molecule has 0 N–H and O–H groups in total. The molecule has 0 saturated carbocycles. The lowest BCUT2D eigenvalue weighted by atomic mass is 10.3. The van der Waals surface area contributed by atoms with Gasteiger partial charge in [-0.05, 0) is 25.1 Å². The number of carbonyl (C=O) groups excluding carboxylic acids is 2. The Morgan fingerprint density at radius 2 is 1.90 bits per heavy atom. The molecule has 0 aliphatic carbocycles. The Bertz CT molecular complexity index is 1090. The number of carbonyl (C=O) groups is 2. The first-order valence-electron chi connectivity index (χ1n) is 9.68. The minimum Gasteiger partial charge on any atom is -0.337 e. The third kappa shape index (κ3) is 5.35. The van der Waals surface area contributed by atoms with Gasteiger partial charge in [-0.2, -0.15) is 4.31 Å². The fourth-order valence-electron chi connectivity index (χ4n) is 3.13. The van der Waals surface area contributed by atoms with Gasteiger partial charge in [0.25, 0.3) is 0 Å². The molecule has 2 heterocycles. The monoisotopic (exact) mass is 466 g/mol. The summed E-state index contributed by atoms with van der Waals surface area (Å²) in [6.45, 7) is 4.09. The Labute approximate surface area is 184 Å². The molecule has 3 rings (SSSR count). The number of thiazole rings is 1. The number of hydrogen-bond acceptors (Lipinski definition) is 6. The zero-order chi connectivity index (χ0) is 22.6. The summed E-state index contributed by atoms with van der Waals surface area (Å²) in [6, 6.07) is 5.93. The van der Waals surface area contributed by atoms with Crippen LogP contribution in [0.4, 0.5) is 15.2 Å². The van der Waals surface area contributed by atoms with Gasteiger partial charge in [-0.1, -0.05) is 12.1 Å². The van der Waals surface area contributed by atoms with Crippen molar-refractivity contribution in [3.63, 3.8) is 0 Å². The molecule has 1 saturated heterocycles. The molecule has 11 heteroatoms. The second kappa shape index (κ2) is 9.67. The normalized spacial score (nSPS) is 15.4. The van der Waals surface area contributed by atoms with Gasteiger partial charge in [-0.3, -0.25) is 14.5 Å². The number of aromatic nitrogens is 1. The van der Waals surface area contributed by atoms with E-state index >= 15 is 0 Å². The summed E-state index contributed by atoms with van der Waals surface area (Å²) in [5.41, 5.74) is 0.569. The van der Waals surface area contributed by atoms with E-state index in [2.05, 4.69) is 4.98 Å². The minimum absolute atomic E-state index is 0.0389. The van der Waals surface area contributed by atoms with Crippen LogP contribution in [0, 0.1) is 5.82 Å². The molecule has 1 aliphatic rings. The van der Waals surface area contributed by atoms with Gasteiger partial charge in [0, 0.05) is 44.6 Å². The molecule has 0 atom stereocenters. The highest BCUT2D eigenvalue weighted by Crippen LogP contribution is 2.31. The number of para-hydroxylation sites is 1. The van der Waals surface area contributed by atoms with Crippen LogP contribution in [-0.4, -0.2) is 66.4 Å². The standard InChI is InChI=1S/C20H23FN4O4S2/c1-3-31(28,29)24-12-10-23(11-13-24)19(27)9-8-16-14-30-20(22-16)25(15(2)26)18-7-5-4-6-17(18)21/h4-9,14H,3,10-13H2,1-2H3/b9-8+. The first kappa shape index (κ1) is 23.0. The summed E-state index contributed by atoms with van der Waals surface area (Å²) in [4.78, 5) is 31.6. The lowest BCUT2D eigenvalue weighted by molar-refractivity contribution is -0.127. The second-order valence-electron chi connectivity index (χ2n) is 6.82. The van der Waals surface area contributed by atoms with E-state index in [0.717, 1.165) is 11.3 Å². The third-order valence-electron chi connectivity index (χ3n) is 4.81. The third-order valence-corrected chi connectivity index (χ3v) is 7.54. The quantitative estimate of drug-likeness (QED) is 0.610. The fraction of sp³-hybridized carbons (Fsp3) is 0.350. The Balaban J connectivity index is 1.67. The van der Waals surface area contributed by atoms with Gasteiger partial charge in [0.15, 0.2) is 5.13 Å². The molecule has 1 aliphatic heterocycles. The van der Waals surface area contributed by atoms with Crippen LogP contribution in [-0.2, 0) is 19.6 Å². The smallest absolute Gasteiger partial charge is 0.246 e. The molecule has 0 bridgehead atoms. The molecular formula is C20H23FN4O4S2. The van der Waals surface area contributed by atoms with E-state index in [1.54, 1.807) is 23.3 Å². The maximum absolute atomic E-state index is 14.2. The van der Waals surface area contributed by atoms with Crippen molar-refractivity contribution < 1.29 is 22.4 Å². The Morgan fingerprint density at radius 3 is 2.52 bits per heavy atom. The van der Waals surface area contributed by atoms with Crippen LogP contribution in [0.15, 0.2) is 35.7 Å². The summed E-state index contributed by atoms with van der Waals surface area (Å²) in [6.07, 6.45) is 2.89. The molecule has 1 aromatic heterocycles. The molecule has 0 unspecified atom stereocenters. The number of piperazine rings is 1. The molecule has 1 fully saturated rings. The van der Waals surface area contributed by atoms with Crippen molar-refractivity contribution in [2.45, 2.75) is 13.8 Å². The zero-order valence-corrected chi connectivity index (χ0v) is 18.8. The topological polar surface area (TPSA) is 90.9 Å². The van der Waals surface area contributed by atoms with Crippen LogP contribution >= 0.6 is 11.3 Å². The van der Waals surface area contributed by atoms with Crippen molar-refractivity contribution in [3.8, 4) is 0 Å². The summed E-state index contributed by atoms with van der Waals surface area (Å²) in [5.74, 6) is -1.13. The van der Waals surface area contributed by atoms with Crippen LogP contribution < -0.4 is 4.90 Å². The van der Waals surface area contributed by atoms with Crippen molar-refractivity contribution in [1.29, 1.82) is 0 Å². The van der Waals surface area contributed by atoms with E-state index < -0.39 is 15.8 Å². The molecular weight excluding hydrogens is 443 g/mol. The highest BCUT2D eigenvalue weighted by Gasteiger charge is 2.27. The predicted molar refractivity (Wildman–Crippen MR) is 118 cm³/mol. The molecule has 2 amide bonds. The summed E-state index contributed by atoms with van der Waals surface area (Å²) < 4.78 is 39.4. The summed E-state index contributed by atoms with van der Waals surface area (Å²) in [7, 11) is -3.25. The van der Waals surface area contributed by atoms with Crippen LogP contribution in [0.25, 0.3) is 6.08 Å². The largest absolute Gasteiger partial charge is 0.337 e. The van der Waals surface area contributed by atoms with Crippen molar-refractivity contribution in [3.05, 3.63) is 47.2 Å². The highest BCUT2D eigenvalue weighted by molar-refractivity contribution is 7.89. The lowest BCUT2D eigenvalue weighted by Gasteiger charge is -2.33. The first-order chi connectivity index (χ1) is 14.7. The Morgan fingerprint density at radius 1 is 1.23 bits per heavy atom. The van der Waals surface area contributed by atoms with Gasteiger partial charge >= 0.3 is 0 Å². The van der Waals surface area contributed by atoms with Gasteiger partial charge in [-0.25, -0.2) is 17.8 Å². The average molecular weight is 467 g/mol. The Kier molecular flexibility index (Phi) is 7.19. The van der Waals surface area contributed by atoms with Gasteiger partial charge in [0.1, 0.15) is 5.82 Å². The number of amides is 2. The van der Waals surface area contributed by atoms with E-state index in [4.69, 9.17) is 0 Å². The minimum atomic E-state index is -3.25. The van der Waals surface area contributed by atoms with Crippen LogP contribution in [0.2, 0.25) is 0 Å². The number of halogens is 1.